The van der Waals surface area contributed by atoms with Gasteiger partial charge in [0.2, 0.25) is 5.91 Å². The van der Waals surface area contributed by atoms with Crippen molar-refractivity contribution in [2.75, 3.05) is 19.7 Å². The first-order chi connectivity index (χ1) is 8.26. The second-order valence-electron chi connectivity index (χ2n) is 5.48. The average Bonchev–Trinajstić information content (AvgIpc) is 2.41. The fraction of sp³-hybridized carbons (Fsp3) is 0.923. The minimum Gasteiger partial charge on any atom is -0.330 e. The maximum absolute atomic E-state index is 12.2. The van der Waals surface area contributed by atoms with E-state index < -0.39 is 0 Å². The van der Waals surface area contributed by atoms with E-state index in [4.69, 9.17) is 10.6 Å². The highest BCUT2D eigenvalue weighted by Crippen LogP contribution is 2.38. The van der Waals surface area contributed by atoms with Crippen LogP contribution in [0.15, 0.2) is 0 Å². The molecule has 0 radical (unpaired) electrons. The van der Waals surface area contributed by atoms with Crippen molar-refractivity contribution in [3.63, 3.8) is 0 Å². The van der Waals surface area contributed by atoms with E-state index in [1.165, 1.54) is 19.3 Å². The molecule has 0 atom stereocenters. The summed E-state index contributed by atoms with van der Waals surface area (Å²) in [6.07, 6.45) is 8.61. The highest BCUT2D eigenvalue weighted by Gasteiger charge is 2.35. The lowest BCUT2D eigenvalue weighted by atomic mass is 9.71. The smallest absolute Gasteiger partial charge is 0.246 e. The van der Waals surface area contributed by atoms with E-state index in [9.17, 15) is 4.79 Å². The Morgan fingerprint density at radius 2 is 1.94 bits per heavy atom. The molecule has 0 aromatic heterocycles. The Morgan fingerprint density at radius 3 is 2.53 bits per heavy atom. The van der Waals surface area contributed by atoms with E-state index in [0.29, 0.717) is 19.6 Å². The molecule has 98 valence electrons. The van der Waals surface area contributed by atoms with Crippen molar-refractivity contribution in [1.82, 2.24) is 5.06 Å². The molecule has 1 aliphatic carbocycles. The van der Waals surface area contributed by atoms with Crippen LogP contribution in [-0.2, 0) is 9.63 Å². The van der Waals surface area contributed by atoms with Gasteiger partial charge >= 0.3 is 0 Å². The Hall–Kier alpha value is -0.610. The largest absolute Gasteiger partial charge is 0.330 e. The summed E-state index contributed by atoms with van der Waals surface area (Å²) in [5, 5.41) is 1.56. The Balaban J connectivity index is 1.90. The van der Waals surface area contributed by atoms with Gasteiger partial charge in [0.15, 0.2) is 0 Å². The molecule has 4 nitrogen and oxygen atoms in total. The molecule has 2 N–H and O–H groups in total. The van der Waals surface area contributed by atoms with Crippen molar-refractivity contribution in [3.05, 3.63) is 0 Å². The number of carbonyl (C=O) groups is 1. The zero-order valence-corrected chi connectivity index (χ0v) is 10.6. The number of hydrogen-bond donors (Lipinski definition) is 1. The molecule has 1 saturated heterocycles. The van der Waals surface area contributed by atoms with E-state index in [2.05, 4.69) is 0 Å². The van der Waals surface area contributed by atoms with E-state index >= 15 is 0 Å². The van der Waals surface area contributed by atoms with Gasteiger partial charge in [0.25, 0.3) is 0 Å². The predicted molar refractivity (Wildman–Crippen MR) is 66.1 cm³/mol. The van der Waals surface area contributed by atoms with Gasteiger partial charge in [-0.1, -0.05) is 19.3 Å². The summed E-state index contributed by atoms with van der Waals surface area (Å²) in [4.78, 5) is 17.6. The van der Waals surface area contributed by atoms with Gasteiger partial charge in [-0.3, -0.25) is 9.63 Å². The van der Waals surface area contributed by atoms with Crippen LogP contribution in [0.1, 0.15) is 51.4 Å². The van der Waals surface area contributed by atoms with Gasteiger partial charge in [-0.2, -0.15) is 0 Å². The number of nitrogens with two attached hydrogens (primary N) is 1. The first-order valence-corrected chi connectivity index (χ1v) is 6.89. The molecule has 17 heavy (non-hydrogen) atoms. The molecule has 2 rings (SSSR count). The summed E-state index contributed by atoms with van der Waals surface area (Å²) < 4.78 is 0. The van der Waals surface area contributed by atoms with Crippen molar-refractivity contribution in [3.8, 4) is 0 Å². The van der Waals surface area contributed by atoms with E-state index in [1.54, 1.807) is 5.06 Å². The van der Waals surface area contributed by atoms with Crippen LogP contribution in [0.25, 0.3) is 0 Å². The van der Waals surface area contributed by atoms with Gasteiger partial charge in [0.1, 0.15) is 0 Å². The lowest BCUT2D eigenvalue weighted by molar-refractivity contribution is -0.199. The van der Waals surface area contributed by atoms with Crippen molar-refractivity contribution >= 4 is 5.91 Å². The van der Waals surface area contributed by atoms with Crippen LogP contribution in [-0.4, -0.2) is 30.7 Å². The second kappa shape index (κ2) is 5.83. The third-order valence-corrected chi connectivity index (χ3v) is 4.15. The third-order valence-electron chi connectivity index (χ3n) is 4.15. The third kappa shape index (κ3) is 3.19. The maximum atomic E-state index is 12.2. The van der Waals surface area contributed by atoms with Crippen LogP contribution >= 0.6 is 0 Å². The zero-order chi connectivity index (χ0) is 12.1. The fourth-order valence-electron chi connectivity index (χ4n) is 2.96. The summed E-state index contributed by atoms with van der Waals surface area (Å²) in [5.41, 5.74) is 5.96. The molecule has 1 amide bonds. The Kier molecular flexibility index (Phi) is 4.40. The topological polar surface area (TPSA) is 55.6 Å². The summed E-state index contributed by atoms with van der Waals surface area (Å²) in [6, 6.07) is 0. The summed E-state index contributed by atoms with van der Waals surface area (Å²) in [7, 11) is 0. The van der Waals surface area contributed by atoms with Crippen molar-refractivity contribution in [2.24, 2.45) is 11.1 Å². The number of rotatable bonds is 3. The first-order valence-electron chi connectivity index (χ1n) is 6.89. The molecule has 1 saturated carbocycles. The highest BCUT2D eigenvalue weighted by atomic mass is 16.7. The average molecular weight is 240 g/mol. The second-order valence-corrected chi connectivity index (χ2v) is 5.48. The molecule has 0 aromatic rings. The number of hydrogen-bond acceptors (Lipinski definition) is 3. The molecule has 0 bridgehead atoms. The minimum absolute atomic E-state index is 0.0517. The van der Waals surface area contributed by atoms with Gasteiger partial charge in [-0.05, 0) is 37.6 Å². The van der Waals surface area contributed by atoms with Crippen LogP contribution in [0.4, 0.5) is 0 Å². The predicted octanol–water partition coefficient (Wildman–Crippen LogP) is 1.84. The van der Waals surface area contributed by atoms with Crippen LogP contribution in [0.5, 0.6) is 0 Å². The van der Waals surface area contributed by atoms with Crippen LogP contribution < -0.4 is 5.73 Å². The maximum Gasteiger partial charge on any atom is 0.246 e. The highest BCUT2D eigenvalue weighted by molar-refractivity contribution is 5.76. The van der Waals surface area contributed by atoms with E-state index in [-0.39, 0.29) is 11.3 Å². The van der Waals surface area contributed by atoms with Gasteiger partial charge in [-0.15, -0.1) is 0 Å². The number of amides is 1. The van der Waals surface area contributed by atoms with Crippen LogP contribution in [0.2, 0.25) is 0 Å². The zero-order valence-electron chi connectivity index (χ0n) is 10.6. The normalized spacial score (nSPS) is 24.6. The SMILES string of the molecule is NCC1(CC(=O)N2CCCCO2)CCCCC1. The molecular formula is C13H24N2O2. The molecule has 0 aromatic carbocycles. The van der Waals surface area contributed by atoms with Gasteiger partial charge in [-0.25, -0.2) is 5.06 Å². The van der Waals surface area contributed by atoms with Crippen molar-refractivity contribution < 1.29 is 9.63 Å². The molecule has 4 heteroatoms. The monoisotopic (exact) mass is 240 g/mol. The van der Waals surface area contributed by atoms with Crippen molar-refractivity contribution in [2.45, 2.75) is 51.4 Å². The quantitative estimate of drug-likeness (QED) is 0.819. The molecular weight excluding hydrogens is 216 g/mol. The number of hydroxylamine groups is 2. The van der Waals surface area contributed by atoms with Crippen LogP contribution in [0, 0.1) is 5.41 Å². The van der Waals surface area contributed by atoms with E-state index in [1.807, 2.05) is 0 Å². The van der Waals surface area contributed by atoms with Crippen LogP contribution in [0.3, 0.4) is 0 Å². The van der Waals surface area contributed by atoms with E-state index in [0.717, 1.165) is 32.2 Å². The van der Waals surface area contributed by atoms with Gasteiger partial charge in [0.05, 0.1) is 6.61 Å². The summed E-state index contributed by atoms with van der Waals surface area (Å²) >= 11 is 0. The molecule has 1 aliphatic heterocycles. The van der Waals surface area contributed by atoms with Gasteiger partial charge in [0, 0.05) is 13.0 Å². The number of nitrogens with zero attached hydrogens (tertiary/aromatic N) is 1. The summed E-state index contributed by atoms with van der Waals surface area (Å²) in [5.74, 6) is 0.136. The Bertz CT molecular complexity index is 256. The molecule has 1 heterocycles. The minimum atomic E-state index is 0.0517. The fourth-order valence-corrected chi connectivity index (χ4v) is 2.96. The molecule has 0 unspecified atom stereocenters. The molecule has 2 fully saturated rings. The van der Waals surface area contributed by atoms with Crippen molar-refractivity contribution in [1.29, 1.82) is 0 Å². The molecule has 2 aliphatic rings. The van der Waals surface area contributed by atoms with Gasteiger partial charge < -0.3 is 5.73 Å². The lowest BCUT2D eigenvalue weighted by Gasteiger charge is -2.37. The summed E-state index contributed by atoms with van der Waals surface area (Å²) in [6.45, 7) is 2.06. The first kappa shape index (κ1) is 12.8. The Morgan fingerprint density at radius 1 is 1.18 bits per heavy atom. The number of carbonyl (C=O) groups excluding carboxylic acids is 1. The lowest BCUT2D eigenvalue weighted by Crippen LogP contribution is -2.42. The molecule has 0 spiro atoms. The Labute approximate surface area is 103 Å². The standard InChI is InChI=1S/C13H24N2O2/c14-11-13(6-2-1-3-7-13)10-12(16)15-8-4-5-9-17-15/h1-11,14H2.